The number of nitro groups is 1. The van der Waals surface area contributed by atoms with Crippen LogP contribution in [0.5, 0.6) is 0 Å². The molecule has 1 aromatic rings. The maximum Gasteiger partial charge on any atom is 0.275 e. The van der Waals surface area contributed by atoms with Gasteiger partial charge < -0.3 is 0 Å². The van der Waals surface area contributed by atoms with E-state index in [4.69, 9.17) is 10.7 Å². The molecule has 0 saturated heterocycles. The number of rotatable bonds is 5. The third-order valence-electron chi connectivity index (χ3n) is 2.10. The van der Waals surface area contributed by atoms with E-state index >= 15 is 0 Å². The van der Waals surface area contributed by atoms with E-state index < -0.39 is 57.5 Å². The van der Waals surface area contributed by atoms with Gasteiger partial charge in [0.05, 0.1) is 28.6 Å². The van der Waals surface area contributed by atoms with Gasteiger partial charge in [-0.25, -0.2) is 25.6 Å². The van der Waals surface area contributed by atoms with Crippen LogP contribution in [-0.2, 0) is 18.9 Å². The summed E-state index contributed by atoms with van der Waals surface area (Å²) in [5, 5.41) is 10.3. The van der Waals surface area contributed by atoms with Gasteiger partial charge in [-0.1, -0.05) is 0 Å². The number of nitrogens with zero attached hydrogens (tertiary/aromatic N) is 1. The molecule has 20 heavy (non-hydrogen) atoms. The summed E-state index contributed by atoms with van der Waals surface area (Å²) in [5.74, 6) is -5.55. The minimum atomic E-state index is -4.63. The van der Waals surface area contributed by atoms with Crippen molar-refractivity contribution in [3.8, 4) is 0 Å². The molecular weight excluding hydrogens is 344 g/mol. The fraction of sp³-hybridized carbons (Fsp3) is 0.250. The molecule has 0 atom stereocenters. The van der Waals surface area contributed by atoms with Gasteiger partial charge in [-0.3, -0.25) is 10.1 Å². The molecule has 112 valence electrons. The van der Waals surface area contributed by atoms with Crippen molar-refractivity contribution in [2.45, 2.75) is 4.90 Å². The molecule has 0 saturated carbocycles. The third-order valence-corrected chi connectivity index (χ3v) is 5.27. The van der Waals surface area contributed by atoms with E-state index in [0.29, 0.717) is 0 Å². The van der Waals surface area contributed by atoms with Crippen LogP contribution in [0.25, 0.3) is 0 Å². The minimum Gasteiger partial charge on any atom is -0.258 e. The lowest BCUT2D eigenvalue weighted by atomic mass is 10.3. The average molecular weight is 350 g/mol. The Morgan fingerprint density at radius 3 is 1.90 bits per heavy atom. The fourth-order valence-electron chi connectivity index (χ4n) is 1.26. The van der Waals surface area contributed by atoms with Crippen molar-refractivity contribution in [2.24, 2.45) is 0 Å². The minimum absolute atomic E-state index is 0.227. The first kappa shape index (κ1) is 16.7. The smallest absolute Gasteiger partial charge is 0.258 e. The van der Waals surface area contributed by atoms with Crippen molar-refractivity contribution in [2.75, 3.05) is 11.5 Å². The molecule has 0 aliphatic rings. The Balaban J connectivity index is 3.29. The molecule has 0 amide bonds. The van der Waals surface area contributed by atoms with Gasteiger partial charge in [0, 0.05) is 10.7 Å². The van der Waals surface area contributed by atoms with Gasteiger partial charge >= 0.3 is 0 Å². The molecule has 0 bridgehead atoms. The lowest BCUT2D eigenvalue weighted by molar-refractivity contribution is -0.385. The van der Waals surface area contributed by atoms with Crippen molar-refractivity contribution in [3.05, 3.63) is 33.9 Å². The van der Waals surface area contributed by atoms with Crippen LogP contribution in [0.4, 0.5) is 14.5 Å². The summed E-state index contributed by atoms with van der Waals surface area (Å²) in [7, 11) is -4.00. The second-order valence-electron chi connectivity index (χ2n) is 3.56. The largest absolute Gasteiger partial charge is 0.275 e. The second-order valence-corrected chi connectivity index (χ2v) is 8.50. The van der Waals surface area contributed by atoms with Gasteiger partial charge in [0.1, 0.15) is 4.90 Å². The standard InChI is InChI=1S/C8H6ClF2NO6S2/c9-20(17,18)2-1-19(15,16)8-6(10)3-5(12(13)14)4-7(8)11/h3-4H,1-2H2. The highest BCUT2D eigenvalue weighted by molar-refractivity contribution is 8.14. The van der Waals surface area contributed by atoms with Crippen LogP contribution < -0.4 is 0 Å². The maximum atomic E-state index is 13.5. The summed E-state index contributed by atoms with van der Waals surface area (Å²) in [6.07, 6.45) is 0. The van der Waals surface area contributed by atoms with Crippen LogP contribution in [-0.4, -0.2) is 33.3 Å². The Kier molecular flexibility index (Phi) is 4.66. The van der Waals surface area contributed by atoms with Crippen LogP contribution in [0.2, 0.25) is 0 Å². The number of benzene rings is 1. The predicted octanol–water partition coefficient (Wildman–Crippen LogP) is 1.22. The summed E-state index contributed by atoms with van der Waals surface area (Å²) < 4.78 is 71.5. The SMILES string of the molecule is O=[N+]([O-])c1cc(F)c(S(=O)(=O)CCS(=O)(=O)Cl)c(F)c1. The maximum absolute atomic E-state index is 13.5. The molecule has 0 aliphatic carbocycles. The van der Waals surface area contributed by atoms with Crippen molar-refractivity contribution in [1.82, 2.24) is 0 Å². The van der Waals surface area contributed by atoms with Gasteiger partial charge in [0.15, 0.2) is 21.5 Å². The third kappa shape index (κ3) is 4.08. The van der Waals surface area contributed by atoms with E-state index in [0.717, 1.165) is 0 Å². The summed E-state index contributed by atoms with van der Waals surface area (Å²) in [6, 6.07) is 0.455. The first-order valence-corrected chi connectivity index (χ1v) is 8.85. The number of non-ortho nitro benzene ring substituents is 1. The highest BCUT2D eigenvalue weighted by Gasteiger charge is 2.28. The Bertz CT molecular complexity index is 738. The molecule has 0 radical (unpaired) electrons. The number of sulfone groups is 1. The molecule has 0 N–H and O–H groups in total. The zero-order valence-electron chi connectivity index (χ0n) is 9.42. The fourth-order valence-corrected chi connectivity index (χ4v) is 4.42. The zero-order chi connectivity index (χ0) is 15.7. The number of nitro benzene ring substituents is 1. The lowest BCUT2D eigenvalue weighted by Gasteiger charge is -2.06. The molecule has 0 aromatic heterocycles. The highest BCUT2D eigenvalue weighted by Crippen LogP contribution is 2.25. The Morgan fingerprint density at radius 2 is 1.55 bits per heavy atom. The van der Waals surface area contributed by atoms with Gasteiger partial charge in [0.2, 0.25) is 9.05 Å². The Morgan fingerprint density at radius 1 is 1.10 bits per heavy atom. The van der Waals surface area contributed by atoms with E-state index in [1.54, 1.807) is 0 Å². The van der Waals surface area contributed by atoms with Gasteiger partial charge in [-0.2, -0.15) is 0 Å². The van der Waals surface area contributed by atoms with Crippen LogP contribution >= 0.6 is 10.7 Å². The van der Waals surface area contributed by atoms with E-state index in [1.165, 1.54) is 0 Å². The summed E-state index contributed by atoms with van der Waals surface area (Å²) >= 11 is 0. The van der Waals surface area contributed by atoms with E-state index in [9.17, 15) is 35.7 Å². The summed E-state index contributed by atoms with van der Waals surface area (Å²) in [4.78, 5) is 7.82. The molecule has 1 rings (SSSR count). The second kappa shape index (κ2) is 5.58. The normalized spacial score (nSPS) is 12.3. The van der Waals surface area contributed by atoms with Crippen molar-refractivity contribution < 1.29 is 30.5 Å². The molecule has 0 aliphatic heterocycles. The highest BCUT2D eigenvalue weighted by atomic mass is 35.7. The van der Waals surface area contributed by atoms with Crippen molar-refractivity contribution >= 4 is 35.3 Å². The van der Waals surface area contributed by atoms with Gasteiger partial charge in [0.25, 0.3) is 5.69 Å². The van der Waals surface area contributed by atoms with Crippen LogP contribution in [0, 0.1) is 21.7 Å². The monoisotopic (exact) mass is 349 g/mol. The molecule has 0 fully saturated rings. The van der Waals surface area contributed by atoms with Gasteiger partial charge in [-0.05, 0) is 0 Å². The number of hydrogen-bond donors (Lipinski definition) is 0. The van der Waals surface area contributed by atoms with Gasteiger partial charge in [-0.15, -0.1) is 0 Å². The first-order chi connectivity index (χ1) is 8.94. The number of hydrogen-bond acceptors (Lipinski definition) is 6. The van der Waals surface area contributed by atoms with E-state index in [-0.39, 0.29) is 12.1 Å². The summed E-state index contributed by atoms with van der Waals surface area (Å²) in [6.45, 7) is 0. The average Bonchev–Trinajstić information content (AvgIpc) is 2.24. The Hall–Kier alpha value is -1.33. The Labute approximate surface area is 116 Å². The van der Waals surface area contributed by atoms with Crippen molar-refractivity contribution in [3.63, 3.8) is 0 Å². The first-order valence-electron chi connectivity index (χ1n) is 4.72. The predicted molar refractivity (Wildman–Crippen MR) is 64.7 cm³/mol. The van der Waals surface area contributed by atoms with Crippen LogP contribution in [0.1, 0.15) is 0 Å². The van der Waals surface area contributed by atoms with Crippen LogP contribution in [0.15, 0.2) is 17.0 Å². The molecule has 7 nitrogen and oxygen atoms in total. The topological polar surface area (TPSA) is 111 Å². The van der Waals surface area contributed by atoms with E-state index in [2.05, 4.69) is 0 Å². The quantitative estimate of drug-likeness (QED) is 0.449. The molecule has 0 spiro atoms. The molecular formula is C8H6ClF2NO6S2. The molecule has 1 aromatic carbocycles. The zero-order valence-corrected chi connectivity index (χ0v) is 11.8. The van der Waals surface area contributed by atoms with E-state index in [1.807, 2.05) is 0 Å². The molecule has 0 heterocycles. The molecule has 12 heteroatoms. The summed E-state index contributed by atoms with van der Waals surface area (Å²) in [5.41, 5.74) is -0.969. The van der Waals surface area contributed by atoms with Crippen molar-refractivity contribution in [1.29, 1.82) is 0 Å². The molecule has 0 unspecified atom stereocenters. The van der Waals surface area contributed by atoms with Crippen LogP contribution in [0.3, 0.4) is 0 Å². The lowest BCUT2D eigenvalue weighted by Crippen LogP contribution is -2.17. The number of halogens is 3.